The fraction of sp³-hybridized carbons (Fsp3) is 0.304. The van der Waals surface area contributed by atoms with Gasteiger partial charge in [-0.3, -0.25) is 9.59 Å². The van der Waals surface area contributed by atoms with E-state index in [9.17, 15) is 9.59 Å². The highest BCUT2D eigenvalue weighted by Crippen LogP contribution is 2.18. The molecule has 1 fully saturated rings. The molecule has 3 rings (SSSR count). The van der Waals surface area contributed by atoms with Crippen LogP contribution in [0.4, 0.5) is 5.69 Å². The van der Waals surface area contributed by atoms with Crippen LogP contribution in [0.2, 0.25) is 10.0 Å². The molecule has 0 aliphatic carbocycles. The SMILES string of the molecule is C=CCC.Cc1cccc(Cl)c1.O=C1CCC(C(=O)Nc2cccc(Cl)c2)CN1. The largest absolute Gasteiger partial charge is 0.355 e. The Morgan fingerprint density at radius 3 is 2.28 bits per heavy atom. The number of hydrogen-bond donors (Lipinski definition) is 2. The van der Waals surface area contributed by atoms with E-state index in [4.69, 9.17) is 23.2 Å². The highest BCUT2D eigenvalue weighted by molar-refractivity contribution is 6.31. The van der Waals surface area contributed by atoms with Gasteiger partial charge in [0.05, 0.1) is 5.92 Å². The third-order valence-corrected chi connectivity index (χ3v) is 4.47. The summed E-state index contributed by atoms with van der Waals surface area (Å²) in [6, 6.07) is 14.8. The first-order valence-electron chi connectivity index (χ1n) is 9.51. The van der Waals surface area contributed by atoms with E-state index in [0.29, 0.717) is 30.1 Å². The Morgan fingerprint density at radius 2 is 1.83 bits per heavy atom. The minimum atomic E-state index is -0.160. The Labute approximate surface area is 183 Å². The Morgan fingerprint density at radius 1 is 1.21 bits per heavy atom. The monoisotopic (exact) mass is 434 g/mol. The summed E-state index contributed by atoms with van der Waals surface area (Å²) in [7, 11) is 0. The number of amides is 2. The summed E-state index contributed by atoms with van der Waals surface area (Å²) >= 11 is 11.5. The van der Waals surface area contributed by atoms with E-state index < -0.39 is 0 Å². The van der Waals surface area contributed by atoms with Crippen molar-refractivity contribution in [1.29, 1.82) is 0 Å². The van der Waals surface area contributed by atoms with Crippen LogP contribution < -0.4 is 10.6 Å². The smallest absolute Gasteiger partial charge is 0.229 e. The molecule has 4 nitrogen and oxygen atoms in total. The van der Waals surface area contributed by atoms with Crippen LogP contribution in [0.3, 0.4) is 0 Å². The summed E-state index contributed by atoms with van der Waals surface area (Å²) in [5, 5.41) is 6.87. The number of carbonyl (C=O) groups excluding carboxylic acids is 2. The highest BCUT2D eigenvalue weighted by atomic mass is 35.5. The van der Waals surface area contributed by atoms with Gasteiger partial charge in [0.2, 0.25) is 11.8 Å². The Kier molecular flexibility index (Phi) is 11.8. The summed E-state index contributed by atoms with van der Waals surface area (Å²) < 4.78 is 0. The number of anilines is 1. The topological polar surface area (TPSA) is 58.2 Å². The molecule has 2 aromatic carbocycles. The normalized spacial score (nSPS) is 14.9. The van der Waals surface area contributed by atoms with E-state index in [1.54, 1.807) is 24.3 Å². The lowest BCUT2D eigenvalue weighted by Crippen LogP contribution is -2.40. The predicted octanol–water partition coefficient (Wildman–Crippen LogP) is 6.04. The zero-order valence-electron chi connectivity index (χ0n) is 16.9. The van der Waals surface area contributed by atoms with Crippen molar-refractivity contribution >= 4 is 40.7 Å². The number of piperidine rings is 1. The van der Waals surface area contributed by atoms with Crippen LogP contribution in [0.1, 0.15) is 31.7 Å². The van der Waals surface area contributed by atoms with Crippen molar-refractivity contribution in [1.82, 2.24) is 5.32 Å². The van der Waals surface area contributed by atoms with E-state index in [-0.39, 0.29) is 17.7 Å². The maximum atomic E-state index is 11.9. The second-order valence-corrected chi connectivity index (χ2v) is 7.41. The number of benzene rings is 2. The van der Waals surface area contributed by atoms with Crippen molar-refractivity contribution in [2.75, 3.05) is 11.9 Å². The summed E-state index contributed by atoms with van der Waals surface area (Å²) in [5.41, 5.74) is 1.89. The lowest BCUT2D eigenvalue weighted by Gasteiger charge is -2.21. The van der Waals surface area contributed by atoms with Crippen molar-refractivity contribution < 1.29 is 9.59 Å². The van der Waals surface area contributed by atoms with Crippen LogP contribution in [0, 0.1) is 12.8 Å². The second-order valence-electron chi connectivity index (χ2n) is 6.54. The number of carbonyl (C=O) groups is 2. The molecule has 1 aliphatic rings. The molecule has 1 saturated heterocycles. The molecule has 1 atom stereocenters. The number of nitrogens with one attached hydrogen (secondary N) is 2. The summed E-state index contributed by atoms with van der Waals surface area (Å²) in [5.74, 6) is -0.226. The molecule has 0 radical (unpaired) electrons. The summed E-state index contributed by atoms with van der Waals surface area (Å²) in [4.78, 5) is 22.9. The Hall–Kier alpha value is -2.30. The van der Waals surface area contributed by atoms with Crippen LogP contribution >= 0.6 is 23.2 Å². The lowest BCUT2D eigenvalue weighted by molar-refractivity contribution is -0.126. The van der Waals surface area contributed by atoms with E-state index in [1.165, 1.54) is 5.56 Å². The lowest BCUT2D eigenvalue weighted by atomic mass is 9.98. The summed E-state index contributed by atoms with van der Waals surface area (Å²) in [6.07, 6.45) is 3.96. The molecule has 2 amide bonds. The number of rotatable bonds is 3. The number of hydrogen-bond acceptors (Lipinski definition) is 2. The average Bonchev–Trinajstić information content (AvgIpc) is 2.69. The molecule has 0 spiro atoms. The van der Waals surface area contributed by atoms with Gasteiger partial charge in [-0.05, 0) is 55.7 Å². The Balaban J connectivity index is 0.000000290. The molecule has 2 aromatic rings. The molecular weight excluding hydrogens is 407 g/mol. The van der Waals surface area contributed by atoms with E-state index in [1.807, 2.05) is 37.3 Å². The molecule has 0 bridgehead atoms. The van der Waals surface area contributed by atoms with Gasteiger partial charge in [0.25, 0.3) is 0 Å². The van der Waals surface area contributed by atoms with Crippen molar-refractivity contribution in [3.05, 3.63) is 76.8 Å². The van der Waals surface area contributed by atoms with Gasteiger partial charge in [-0.2, -0.15) is 0 Å². The van der Waals surface area contributed by atoms with Crippen molar-refractivity contribution in [3.63, 3.8) is 0 Å². The molecule has 156 valence electrons. The highest BCUT2D eigenvalue weighted by Gasteiger charge is 2.24. The molecule has 1 heterocycles. The first kappa shape index (κ1) is 24.7. The molecule has 2 N–H and O–H groups in total. The number of halogens is 2. The van der Waals surface area contributed by atoms with Crippen molar-refractivity contribution in [2.24, 2.45) is 5.92 Å². The van der Waals surface area contributed by atoms with Gasteiger partial charge >= 0.3 is 0 Å². The van der Waals surface area contributed by atoms with Gasteiger partial charge in [0.15, 0.2) is 0 Å². The molecule has 1 unspecified atom stereocenters. The third-order valence-electron chi connectivity index (χ3n) is 4.00. The van der Waals surface area contributed by atoms with Crippen molar-refractivity contribution in [2.45, 2.75) is 33.1 Å². The fourth-order valence-electron chi connectivity index (χ4n) is 2.37. The molecule has 6 heteroatoms. The maximum absolute atomic E-state index is 11.9. The van der Waals surface area contributed by atoms with Gasteiger partial charge in [-0.1, -0.05) is 54.4 Å². The Bertz CT molecular complexity index is 782. The fourth-order valence-corrected chi connectivity index (χ4v) is 2.81. The number of aryl methyl sites for hydroxylation is 1. The van der Waals surface area contributed by atoms with Crippen LogP contribution in [0.25, 0.3) is 0 Å². The van der Waals surface area contributed by atoms with Crippen LogP contribution in [-0.4, -0.2) is 18.4 Å². The van der Waals surface area contributed by atoms with Gasteiger partial charge in [-0.25, -0.2) is 0 Å². The standard InChI is InChI=1S/C12H13ClN2O2.C7H7Cl.C4H8/c13-9-2-1-3-10(6-9)15-12(17)8-4-5-11(16)14-7-8;1-6-3-2-4-7(8)5-6;1-3-4-2/h1-3,6,8H,4-5,7H2,(H,14,16)(H,15,17);2-5H,1H3;3H,1,4H2,2H3. The third kappa shape index (κ3) is 10.7. The molecule has 29 heavy (non-hydrogen) atoms. The van der Waals surface area contributed by atoms with Gasteiger partial charge in [-0.15, -0.1) is 6.58 Å². The summed E-state index contributed by atoms with van der Waals surface area (Å²) in [6.45, 7) is 7.97. The molecule has 1 aliphatic heterocycles. The second kappa shape index (κ2) is 13.8. The van der Waals surface area contributed by atoms with E-state index in [0.717, 1.165) is 11.4 Å². The number of allylic oxidation sites excluding steroid dienone is 1. The van der Waals surface area contributed by atoms with Gasteiger partial charge < -0.3 is 10.6 Å². The van der Waals surface area contributed by atoms with Crippen LogP contribution in [0.15, 0.2) is 61.2 Å². The molecule has 0 aromatic heterocycles. The van der Waals surface area contributed by atoms with Gasteiger partial charge in [0, 0.05) is 28.7 Å². The minimum Gasteiger partial charge on any atom is -0.355 e. The molecule has 0 saturated carbocycles. The van der Waals surface area contributed by atoms with Crippen molar-refractivity contribution in [3.8, 4) is 0 Å². The first-order valence-corrected chi connectivity index (χ1v) is 10.3. The van der Waals surface area contributed by atoms with Crippen LogP contribution in [0.5, 0.6) is 0 Å². The average molecular weight is 435 g/mol. The predicted molar refractivity (Wildman–Crippen MR) is 122 cm³/mol. The maximum Gasteiger partial charge on any atom is 0.229 e. The van der Waals surface area contributed by atoms with Gasteiger partial charge in [0.1, 0.15) is 0 Å². The zero-order chi connectivity index (χ0) is 21.6. The zero-order valence-corrected chi connectivity index (χ0v) is 18.4. The first-order chi connectivity index (χ1) is 13.8. The minimum absolute atomic E-state index is 0.0109. The van der Waals surface area contributed by atoms with Crippen LogP contribution in [-0.2, 0) is 9.59 Å². The van der Waals surface area contributed by atoms with E-state index in [2.05, 4.69) is 24.1 Å². The van der Waals surface area contributed by atoms with E-state index >= 15 is 0 Å². The molecular formula is C23H28Cl2N2O2. The quantitative estimate of drug-likeness (QED) is 0.578.